The predicted octanol–water partition coefficient (Wildman–Crippen LogP) is 2.70. The van der Waals surface area contributed by atoms with Crippen LogP contribution >= 0.6 is 11.8 Å². The molecule has 1 aromatic rings. The molecular weight excluding hydrogens is 343 g/mol. The maximum atomic E-state index is 12.9. The number of benzene rings is 1. The second-order valence-corrected chi connectivity index (χ2v) is 7.05. The van der Waals surface area contributed by atoms with Gasteiger partial charge in [0, 0.05) is 17.8 Å². The van der Waals surface area contributed by atoms with Crippen molar-refractivity contribution in [2.45, 2.75) is 37.4 Å². The Balaban J connectivity index is 1.51. The summed E-state index contributed by atoms with van der Waals surface area (Å²) in [6.45, 7) is 0. The number of carbonyl (C=O) groups is 2. The van der Waals surface area contributed by atoms with Crippen molar-refractivity contribution in [2.75, 3.05) is 5.32 Å². The Morgan fingerprint density at radius 2 is 2.12 bits per heavy atom. The van der Waals surface area contributed by atoms with Crippen molar-refractivity contribution in [3.05, 3.63) is 41.9 Å². The SMILES string of the molecule is O=C(CC1SC(=NNC2=CCCCC2)NC1=O)Nc1ccc(F)cc1. The summed E-state index contributed by atoms with van der Waals surface area (Å²) in [5.74, 6) is -0.911. The Hall–Kier alpha value is -2.35. The molecule has 1 atom stereocenters. The number of rotatable bonds is 5. The van der Waals surface area contributed by atoms with Crippen LogP contribution in [0.4, 0.5) is 10.1 Å². The molecule has 1 saturated heterocycles. The smallest absolute Gasteiger partial charge is 0.240 e. The van der Waals surface area contributed by atoms with Gasteiger partial charge in [0.05, 0.1) is 0 Å². The van der Waals surface area contributed by atoms with Gasteiger partial charge in [0.15, 0.2) is 5.17 Å². The molecule has 25 heavy (non-hydrogen) atoms. The Bertz CT molecular complexity index is 718. The number of thioether (sulfide) groups is 1. The highest BCUT2D eigenvalue weighted by Crippen LogP contribution is 2.23. The summed E-state index contributed by atoms with van der Waals surface area (Å²) in [5, 5.41) is 9.47. The molecule has 132 valence electrons. The van der Waals surface area contributed by atoms with Gasteiger partial charge in [-0.2, -0.15) is 5.10 Å². The molecule has 1 fully saturated rings. The zero-order chi connectivity index (χ0) is 17.6. The number of amides is 2. The van der Waals surface area contributed by atoms with E-state index in [0.29, 0.717) is 10.9 Å². The minimum atomic E-state index is -0.527. The Morgan fingerprint density at radius 1 is 1.32 bits per heavy atom. The summed E-state index contributed by atoms with van der Waals surface area (Å²) in [7, 11) is 0. The molecule has 1 aliphatic heterocycles. The highest BCUT2D eigenvalue weighted by Gasteiger charge is 2.32. The first-order chi connectivity index (χ1) is 12.1. The highest BCUT2D eigenvalue weighted by atomic mass is 32.2. The van der Waals surface area contributed by atoms with Crippen molar-refractivity contribution >= 4 is 34.4 Å². The molecule has 0 bridgehead atoms. The van der Waals surface area contributed by atoms with E-state index in [1.54, 1.807) is 0 Å². The van der Waals surface area contributed by atoms with Gasteiger partial charge in [-0.1, -0.05) is 17.8 Å². The standard InChI is InChI=1S/C17H19FN4O2S/c18-11-6-8-12(9-7-11)19-15(23)10-14-16(24)20-17(25-14)22-21-13-4-2-1-3-5-13/h4,6-9,14,21H,1-3,5,10H2,(H,19,23)(H,20,22,24). The first-order valence-corrected chi connectivity index (χ1v) is 9.04. The molecule has 0 spiro atoms. The van der Waals surface area contributed by atoms with E-state index < -0.39 is 5.25 Å². The molecule has 3 rings (SSSR count). The third-order valence-electron chi connectivity index (χ3n) is 3.87. The van der Waals surface area contributed by atoms with Gasteiger partial charge < -0.3 is 10.6 Å². The summed E-state index contributed by atoms with van der Waals surface area (Å²) in [6.07, 6.45) is 6.46. The number of hydrogen-bond acceptors (Lipinski definition) is 5. The van der Waals surface area contributed by atoms with Crippen molar-refractivity contribution in [1.29, 1.82) is 0 Å². The quantitative estimate of drug-likeness (QED) is 0.704. The number of amidine groups is 1. The number of hydrogen-bond donors (Lipinski definition) is 3. The topological polar surface area (TPSA) is 82.6 Å². The number of carbonyl (C=O) groups excluding carboxylic acids is 2. The molecule has 0 radical (unpaired) electrons. The average Bonchev–Trinajstić information content (AvgIpc) is 2.96. The van der Waals surface area contributed by atoms with Crippen LogP contribution in [0.5, 0.6) is 0 Å². The van der Waals surface area contributed by atoms with Crippen LogP contribution in [-0.2, 0) is 9.59 Å². The average molecular weight is 362 g/mol. The largest absolute Gasteiger partial charge is 0.326 e. The van der Waals surface area contributed by atoms with E-state index in [9.17, 15) is 14.0 Å². The lowest BCUT2D eigenvalue weighted by Gasteiger charge is -2.11. The zero-order valence-corrected chi connectivity index (χ0v) is 14.4. The molecule has 1 unspecified atom stereocenters. The molecule has 6 nitrogen and oxygen atoms in total. The van der Waals surface area contributed by atoms with Crippen molar-refractivity contribution in [3.63, 3.8) is 0 Å². The second-order valence-electron chi connectivity index (χ2n) is 5.86. The fourth-order valence-electron chi connectivity index (χ4n) is 2.57. The normalized spacial score (nSPS) is 21.6. The predicted molar refractivity (Wildman–Crippen MR) is 96.3 cm³/mol. The lowest BCUT2D eigenvalue weighted by molar-refractivity contribution is -0.122. The first-order valence-electron chi connectivity index (χ1n) is 8.16. The van der Waals surface area contributed by atoms with Gasteiger partial charge in [-0.15, -0.1) is 0 Å². The fraction of sp³-hybridized carbons (Fsp3) is 0.353. The Kier molecular flexibility index (Phi) is 5.70. The summed E-state index contributed by atoms with van der Waals surface area (Å²) in [4.78, 5) is 24.0. The Morgan fingerprint density at radius 3 is 2.84 bits per heavy atom. The molecule has 3 N–H and O–H groups in total. The van der Waals surface area contributed by atoms with Crippen LogP contribution in [0.25, 0.3) is 0 Å². The monoisotopic (exact) mass is 362 g/mol. The first kappa shape index (κ1) is 17.5. The molecule has 2 aliphatic rings. The minimum absolute atomic E-state index is 0.0234. The summed E-state index contributed by atoms with van der Waals surface area (Å²) >= 11 is 1.23. The van der Waals surface area contributed by atoms with Crippen LogP contribution in [0.15, 0.2) is 41.1 Å². The third-order valence-corrected chi connectivity index (χ3v) is 4.95. The van der Waals surface area contributed by atoms with Crippen molar-refractivity contribution in [1.82, 2.24) is 10.7 Å². The van der Waals surface area contributed by atoms with Gasteiger partial charge >= 0.3 is 0 Å². The number of anilines is 1. The molecule has 2 amide bonds. The highest BCUT2D eigenvalue weighted by molar-refractivity contribution is 8.15. The van der Waals surface area contributed by atoms with E-state index in [0.717, 1.165) is 25.0 Å². The molecule has 0 saturated carbocycles. The van der Waals surface area contributed by atoms with Gasteiger partial charge in [-0.05, 0) is 49.9 Å². The number of nitrogens with one attached hydrogen (secondary N) is 3. The van der Waals surface area contributed by atoms with Gasteiger partial charge in [-0.3, -0.25) is 15.0 Å². The number of halogens is 1. The molecular formula is C17H19FN4O2S. The van der Waals surface area contributed by atoms with Crippen LogP contribution in [0.1, 0.15) is 32.1 Å². The third kappa shape index (κ3) is 5.06. The maximum Gasteiger partial charge on any atom is 0.240 e. The fourth-order valence-corrected chi connectivity index (χ4v) is 3.50. The zero-order valence-electron chi connectivity index (χ0n) is 13.5. The van der Waals surface area contributed by atoms with E-state index in [2.05, 4.69) is 27.2 Å². The lowest BCUT2D eigenvalue weighted by atomic mass is 10.1. The van der Waals surface area contributed by atoms with E-state index in [1.807, 2.05) is 0 Å². The minimum Gasteiger partial charge on any atom is -0.326 e. The van der Waals surface area contributed by atoms with Crippen LogP contribution in [0, 0.1) is 5.82 Å². The molecule has 1 heterocycles. The summed E-state index contributed by atoms with van der Waals surface area (Å²) in [5.41, 5.74) is 4.54. The van der Waals surface area contributed by atoms with Crippen molar-refractivity contribution in [3.8, 4) is 0 Å². The number of hydrazone groups is 1. The van der Waals surface area contributed by atoms with Gasteiger partial charge in [0.2, 0.25) is 11.8 Å². The molecule has 0 aromatic heterocycles. The van der Waals surface area contributed by atoms with E-state index in [-0.39, 0.29) is 24.1 Å². The summed E-state index contributed by atoms with van der Waals surface area (Å²) < 4.78 is 12.9. The van der Waals surface area contributed by atoms with Crippen molar-refractivity contribution < 1.29 is 14.0 Å². The maximum absolute atomic E-state index is 12.9. The lowest BCUT2D eigenvalue weighted by Crippen LogP contribution is -2.28. The van der Waals surface area contributed by atoms with E-state index >= 15 is 0 Å². The van der Waals surface area contributed by atoms with Crippen LogP contribution < -0.4 is 16.1 Å². The van der Waals surface area contributed by atoms with E-state index in [1.165, 1.54) is 42.4 Å². The van der Waals surface area contributed by atoms with Gasteiger partial charge in [0.1, 0.15) is 11.1 Å². The van der Waals surface area contributed by atoms with Crippen LogP contribution in [0.3, 0.4) is 0 Å². The molecule has 8 heteroatoms. The van der Waals surface area contributed by atoms with Gasteiger partial charge in [-0.25, -0.2) is 4.39 Å². The van der Waals surface area contributed by atoms with Gasteiger partial charge in [0.25, 0.3) is 0 Å². The van der Waals surface area contributed by atoms with Crippen LogP contribution in [-0.4, -0.2) is 22.2 Å². The second kappa shape index (κ2) is 8.15. The molecule has 1 aromatic carbocycles. The van der Waals surface area contributed by atoms with E-state index in [4.69, 9.17) is 0 Å². The number of nitrogens with zero attached hydrogens (tertiary/aromatic N) is 1. The Labute approximate surface area is 149 Å². The van der Waals surface area contributed by atoms with Crippen molar-refractivity contribution in [2.24, 2.45) is 5.10 Å². The molecule has 1 aliphatic carbocycles. The van der Waals surface area contributed by atoms with Crippen LogP contribution in [0.2, 0.25) is 0 Å². The number of allylic oxidation sites excluding steroid dienone is 2. The summed E-state index contributed by atoms with van der Waals surface area (Å²) in [6, 6.07) is 5.49.